The lowest BCUT2D eigenvalue weighted by Crippen LogP contribution is -2.37. The summed E-state index contributed by atoms with van der Waals surface area (Å²) >= 11 is 15.1. The van der Waals surface area contributed by atoms with Gasteiger partial charge < -0.3 is 35.3 Å². The molecule has 2 aromatic heterocycles. The smallest absolute Gasteiger partial charge is 0.251 e. The first-order valence-electron chi connectivity index (χ1n) is 28.7. The number of aromatic amines is 2. The van der Waals surface area contributed by atoms with Crippen LogP contribution in [0.1, 0.15) is 39.8 Å². The number of nitrogens with zero attached hydrogens (tertiary/aromatic N) is 2. The molecule has 91 heavy (non-hydrogen) atoms. The number of rotatable bonds is 10. The lowest BCUT2D eigenvalue weighted by atomic mass is 10.0. The van der Waals surface area contributed by atoms with E-state index in [0.29, 0.717) is 44.6 Å². The third kappa shape index (κ3) is 19.6. The van der Waals surface area contributed by atoms with E-state index in [1.807, 2.05) is 117 Å². The summed E-state index contributed by atoms with van der Waals surface area (Å²) in [5.41, 5.74) is 16.2. The van der Waals surface area contributed by atoms with Gasteiger partial charge in [-0.15, -0.1) is 0 Å². The summed E-state index contributed by atoms with van der Waals surface area (Å²) in [4.78, 5) is 53.1. The van der Waals surface area contributed by atoms with Crippen molar-refractivity contribution in [3.05, 3.63) is 306 Å². The summed E-state index contributed by atoms with van der Waals surface area (Å²) < 4.78 is 15.4. The number of halogens is 4. The zero-order valence-corrected chi connectivity index (χ0v) is 54.7. The molecule has 0 fully saturated rings. The number of allylic oxidation sites excluding steroid dienone is 4. The Labute approximate surface area is 549 Å². The number of benzene rings is 6. The largest absolute Gasteiger partial charge is 0.356 e. The highest BCUT2D eigenvalue weighted by Crippen LogP contribution is 2.32. The Hall–Kier alpha value is -9.89. The lowest BCUT2D eigenvalue weighted by molar-refractivity contribution is -0.870. The first-order valence-corrected chi connectivity index (χ1v) is 30.3. The fourth-order valence-electron chi connectivity index (χ4n) is 9.67. The summed E-state index contributed by atoms with van der Waals surface area (Å²) in [6, 6.07) is 49.4. The average Bonchev–Trinajstić information content (AvgIpc) is 1.91. The van der Waals surface area contributed by atoms with Crippen LogP contribution in [0.5, 0.6) is 0 Å². The highest BCUT2D eigenvalue weighted by molar-refractivity contribution is 9.10. The molecule has 0 radical (unpaired) electrons. The predicted octanol–water partition coefficient (Wildman–Crippen LogP) is 13.5. The summed E-state index contributed by atoms with van der Waals surface area (Å²) in [6.45, 7) is 36.5. The van der Waals surface area contributed by atoms with Crippen molar-refractivity contribution in [1.82, 2.24) is 30.8 Å². The van der Waals surface area contributed by atoms with Gasteiger partial charge in [0.05, 0.1) is 27.7 Å². The minimum atomic E-state index is -0.239. The number of carbonyl (C=O) groups excluding carboxylic acids is 4. The SMILES string of the molecule is C=C1C(c2ccc(Cl)cc2)=CC(=O)N1CCC[N+](C)(C)C.C=C1NC(=O)C=C1c1ccc(C)cc1.C=C1NC(=O)C=C1c1ccc(Cl)cc1.C=C1NC(=O)C=C1c1cccc(C)c1.C=c1cc(-c2ccc(Br)cc2)c(=C)[nH]1.C=c1cc(-c2ccccc2F)c(=C)[nH]1. The maximum atomic E-state index is 13.4. The second-order valence-electron chi connectivity index (χ2n) is 22.5. The predicted molar refractivity (Wildman–Crippen MR) is 378 cm³/mol. The van der Waals surface area contributed by atoms with E-state index in [0.717, 1.165) is 105 Å². The van der Waals surface area contributed by atoms with Crippen LogP contribution >= 0.6 is 39.1 Å². The molecule has 0 spiro atoms. The Balaban J connectivity index is 0.000000156. The molecule has 0 unspecified atom stereocenters. The zero-order valence-electron chi connectivity index (χ0n) is 51.6. The van der Waals surface area contributed by atoms with E-state index in [-0.39, 0.29) is 29.4 Å². The number of H-pyrrole nitrogens is 2. The van der Waals surface area contributed by atoms with Gasteiger partial charge in [-0.05, 0) is 96.3 Å². The van der Waals surface area contributed by atoms with E-state index in [1.54, 1.807) is 59.5 Å². The van der Waals surface area contributed by atoms with Gasteiger partial charge in [-0.25, -0.2) is 4.39 Å². The van der Waals surface area contributed by atoms with Gasteiger partial charge in [0.15, 0.2) is 0 Å². The number of carbonyl (C=O) groups is 4. The Morgan fingerprint density at radius 3 is 1.34 bits per heavy atom. The number of aromatic nitrogens is 2. The van der Waals surface area contributed by atoms with Crippen LogP contribution in [-0.4, -0.2) is 77.2 Å². The first-order chi connectivity index (χ1) is 43.1. The summed E-state index contributed by atoms with van der Waals surface area (Å²) in [6.07, 6.45) is 7.31. The molecule has 0 atom stereocenters. The number of hydrogen-bond donors (Lipinski definition) is 5. The Bertz CT molecular complexity index is 4370. The van der Waals surface area contributed by atoms with Gasteiger partial charge in [-0.1, -0.05) is 206 Å². The van der Waals surface area contributed by atoms with Gasteiger partial charge in [-0.2, -0.15) is 0 Å². The molecule has 0 aliphatic carbocycles. The molecule has 6 aromatic carbocycles. The van der Waals surface area contributed by atoms with Gasteiger partial charge in [0, 0.05) is 135 Å². The summed E-state index contributed by atoms with van der Waals surface area (Å²) in [7, 11) is 6.45. The van der Waals surface area contributed by atoms with Crippen LogP contribution in [0.25, 0.3) is 70.9 Å². The third-order valence-electron chi connectivity index (χ3n) is 14.2. The second kappa shape index (κ2) is 31.0. The second-order valence-corrected chi connectivity index (χ2v) is 24.3. The van der Waals surface area contributed by atoms with E-state index in [4.69, 9.17) is 23.2 Å². The zero-order chi connectivity index (χ0) is 66.3. The quantitative estimate of drug-likeness (QED) is 0.0870. The number of amides is 4. The normalized spacial score (nSPS) is 13.9. The fourth-order valence-corrected chi connectivity index (χ4v) is 10.2. The Kier molecular flexibility index (Phi) is 23.4. The number of aryl methyl sites for hydroxylation is 2. The average molecular weight is 1320 g/mol. The van der Waals surface area contributed by atoms with Crippen LogP contribution in [0, 0.1) is 19.7 Å². The fraction of sp³-hybridized carbons (Fsp3) is 0.105. The molecule has 0 bridgehead atoms. The first kappa shape index (κ1) is 68.6. The van der Waals surface area contributed by atoms with Gasteiger partial charge in [0.2, 0.25) is 17.7 Å². The van der Waals surface area contributed by atoms with Crippen LogP contribution in [0.4, 0.5) is 4.39 Å². The summed E-state index contributed by atoms with van der Waals surface area (Å²) in [5.74, 6) is -0.528. The van der Waals surface area contributed by atoms with Crippen molar-refractivity contribution in [1.29, 1.82) is 0 Å². The van der Waals surface area contributed by atoms with Crippen molar-refractivity contribution in [3.8, 4) is 22.3 Å². The molecular weight excluding hydrogens is 1240 g/mol. The van der Waals surface area contributed by atoms with Gasteiger partial charge in [0.1, 0.15) is 5.82 Å². The molecule has 462 valence electrons. The van der Waals surface area contributed by atoms with Crippen LogP contribution in [0.2, 0.25) is 10.0 Å². The van der Waals surface area contributed by atoms with E-state index in [9.17, 15) is 23.6 Å². The van der Waals surface area contributed by atoms with Gasteiger partial charge >= 0.3 is 0 Å². The molecule has 8 aromatic rings. The standard InChI is InChI=1S/C17H22ClN2O.C12H10BrN.C12H10FN.2C12H11NO.C11H8ClNO/c1-13-16(14-6-8-15(18)9-7-14)12-17(21)19(13)10-5-11-20(2,3)4;1-8-7-12(9(2)14-8)10-3-5-11(13)6-4-10;1-8-7-11(9(2)14-8)10-5-3-4-6-12(10)13;1-8-3-5-10(6-4-8)11-7-12(14)13-9(11)2;1-8-4-3-5-10(6-8)11-7-12(14)13-9(11)2;1-7-10(6-11(14)13-7)8-2-4-9(12)5-3-8/h6-9,12H,1,5,10-11H2,2-4H3;2*3-7,14H,1-2H2;2*3-7H,2H2,1H3,(H,13,14);2-6H,1H2,(H,13,14)/q+1;;;;;. The number of nitrogens with one attached hydrogen (secondary N) is 5. The van der Waals surface area contributed by atoms with Crippen molar-refractivity contribution >= 4 is 111 Å². The molecule has 12 rings (SSSR count). The highest BCUT2D eigenvalue weighted by atomic mass is 79.9. The lowest BCUT2D eigenvalue weighted by Gasteiger charge is -2.26. The van der Waals surface area contributed by atoms with Gasteiger partial charge in [0.25, 0.3) is 5.91 Å². The molecule has 11 nitrogen and oxygen atoms in total. The topological polar surface area (TPSA) is 139 Å². The molecular formula is C76H72BrCl2FN7O4+. The molecule has 0 saturated heterocycles. The number of hydrogen-bond acceptors (Lipinski definition) is 4. The number of quaternary nitrogens is 1. The Morgan fingerprint density at radius 2 is 0.912 bits per heavy atom. The van der Waals surface area contributed by atoms with Crippen LogP contribution in [-0.2, 0) is 19.2 Å². The maximum Gasteiger partial charge on any atom is 0.251 e. The minimum absolute atomic E-state index is 0.0198. The summed E-state index contributed by atoms with van der Waals surface area (Å²) in [5, 5.41) is 12.5. The molecule has 4 aliphatic rings. The van der Waals surface area contributed by atoms with Crippen LogP contribution in [0.15, 0.2) is 236 Å². The Morgan fingerprint density at radius 1 is 0.473 bits per heavy atom. The van der Waals surface area contributed by atoms with Gasteiger partial charge in [-0.3, -0.25) is 19.2 Å². The van der Waals surface area contributed by atoms with Crippen molar-refractivity contribution in [2.45, 2.75) is 20.3 Å². The monoisotopic (exact) mass is 1310 g/mol. The molecule has 0 saturated carbocycles. The van der Waals surface area contributed by atoms with Crippen molar-refractivity contribution < 1.29 is 28.1 Å². The molecule has 5 N–H and O–H groups in total. The highest BCUT2D eigenvalue weighted by Gasteiger charge is 2.27. The molecule has 4 amide bonds. The molecule has 6 heterocycles. The van der Waals surface area contributed by atoms with Crippen LogP contribution < -0.4 is 37.3 Å². The van der Waals surface area contributed by atoms with Crippen molar-refractivity contribution in [2.75, 3.05) is 34.2 Å². The molecule has 4 aliphatic heterocycles. The van der Waals surface area contributed by atoms with Crippen LogP contribution in [0.3, 0.4) is 0 Å². The van der Waals surface area contributed by atoms with E-state index >= 15 is 0 Å². The maximum absolute atomic E-state index is 13.4. The molecule has 15 heteroatoms. The van der Waals surface area contributed by atoms with Crippen molar-refractivity contribution in [2.24, 2.45) is 0 Å². The van der Waals surface area contributed by atoms with Crippen molar-refractivity contribution in [3.63, 3.8) is 0 Å². The van der Waals surface area contributed by atoms with E-state index < -0.39 is 0 Å². The third-order valence-corrected chi connectivity index (χ3v) is 15.3. The van der Waals surface area contributed by atoms with E-state index in [1.165, 1.54) is 23.3 Å². The van der Waals surface area contributed by atoms with E-state index in [2.05, 4.69) is 128 Å². The minimum Gasteiger partial charge on any atom is -0.356 e.